The molecule has 2 unspecified atom stereocenters. The molecule has 6 heteroatoms. The number of aromatic nitrogens is 2. The first kappa shape index (κ1) is 11.7. The minimum absolute atomic E-state index is 0.0510. The molecule has 5 nitrogen and oxygen atoms in total. The number of halogens is 1. The smallest absolute Gasteiger partial charge is 0.331 e. The third-order valence-corrected chi connectivity index (χ3v) is 3.38. The highest BCUT2D eigenvalue weighted by molar-refractivity contribution is 5.28. The Balaban J connectivity index is 2.01. The van der Waals surface area contributed by atoms with Crippen LogP contribution in [0.25, 0.3) is 0 Å². The van der Waals surface area contributed by atoms with Gasteiger partial charge in [0.2, 0.25) is 11.7 Å². The van der Waals surface area contributed by atoms with E-state index in [4.69, 9.17) is 0 Å². The monoisotopic (exact) mass is 262 g/mol. The van der Waals surface area contributed by atoms with Crippen LogP contribution >= 0.6 is 0 Å². The maximum atomic E-state index is 13.3. The zero-order valence-electron chi connectivity index (χ0n) is 9.84. The van der Waals surface area contributed by atoms with Gasteiger partial charge >= 0.3 is 5.69 Å². The Kier molecular flexibility index (Phi) is 2.51. The summed E-state index contributed by atoms with van der Waals surface area (Å²) in [6.45, 7) is 0. The fourth-order valence-electron chi connectivity index (χ4n) is 2.35. The van der Waals surface area contributed by atoms with Gasteiger partial charge < -0.3 is 5.11 Å². The fraction of sp³-hybridized carbons (Fsp3) is 0.231. The quantitative estimate of drug-likeness (QED) is 0.851. The Labute approximate surface area is 107 Å². The second-order valence-corrected chi connectivity index (χ2v) is 4.59. The number of aromatic amines is 1. The van der Waals surface area contributed by atoms with Crippen molar-refractivity contribution < 1.29 is 9.50 Å². The largest absolute Gasteiger partial charge is 0.492 e. The molecule has 1 saturated carbocycles. The first-order valence-corrected chi connectivity index (χ1v) is 5.88. The maximum Gasteiger partial charge on any atom is 0.331 e. The molecule has 3 rings (SSSR count). The lowest BCUT2D eigenvalue weighted by Gasteiger charge is -2.07. The van der Waals surface area contributed by atoms with Gasteiger partial charge in [-0.1, -0.05) is 30.3 Å². The molecule has 0 bridgehead atoms. The molecule has 0 saturated heterocycles. The van der Waals surface area contributed by atoms with Gasteiger partial charge in [0, 0.05) is 12.0 Å². The molecule has 1 aliphatic carbocycles. The third kappa shape index (κ3) is 1.85. The average Bonchev–Trinajstić information content (AvgIpc) is 3.17. The summed E-state index contributed by atoms with van der Waals surface area (Å²) in [5.41, 5.74) is -0.964. The molecule has 0 aliphatic heterocycles. The van der Waals surface area contributed by atoms with Gasteiger partial charge in [0.25, 0.3) is 5.56 Å². The van der Waals surface area contributed by atoms with Crippen LogP contribution in [0.1, 0.15) is 23.9 Å². The van der Waals surface area contributed by atoms with Crippen molar-refractivity contribution in [2.75, 3.05) is 0 Å². The summed E-state index contributed by atoms with van der Waals surface area (Å²) >= 11 is 0. The standard InChI is InChI=1S/C13H11FN2O3/c14-10-11(17)15-13(19)16(12(10)18)9-6-8(9)7-4-2-1-3-5-7/h1-5,8-9,18H,6H2,(H,15,17,19). The van der Waals surface area contributed by atoms with E-state index in [1.807, 2.05) is 35.3 Å². The lowest BCUT2D eigenvalue weighted by molar-refractivity contribution is 0.360. The normalized spacial score (nSPS) is 21.3. The van der Waals surface area contributed by atoms with Crippen LogP contribution in [0, 0.1) is 5.82 Å². The minimum Gasteiger partial charge on any atom is -0.492 e. The van der Waals surface area contributed by atoms with E-state index in [1.165, 1.54) is 0 Å². The van der Waals surface area contributed by atoms with E-state index in [0.29, 0.717) is 6.42 Å². The van der Waals surface area contributed by atoms with Gasteiger partial charge in [0.05, 0.1) is 0 Å². The summed E-state index contributed by atoms with van der Waals surface area (Å²) in [5.74, 6) is -2.16. The summed E-state index contributed by atoms with van der Waals surface area (Å²) in [7, 11) is 0. The second-order valence-electron chi connectivity index (χ2n) is 4.59. The molecule has 98 valence electrons. The summed E-state index contributed by atoms with van der Waals surface area (Å²) in [6.07, 6.45) is 0.628. The molecule has 2 N–H and O–H groups in total. The number of rotatable bonds is 2. The van der Waals surface area contributed by atoms with Crippen molar-refractivity contribution in [3.05, 3.63) is 62.6 Å². The van der Waals surface area contributed by atoms with Crippen LogP contribution in [-0.4, -0.2) is 14.7 Å². The topological polar surface area (TPSA) is 75.1 Å². The molecule has 0 spiro atoms. The van der Waals surface area contributed by atoms with Crippen molar-refractivity contribution in [3.8, 4) is 5.88 Å². The summed E-state index contributed by atoms with van der Waals surface area (Å²) in [6, 6.07) is 9.14. The van der Waals surface area contributed by atoms with E-state index >= 15 is 0 Å². The molecule has 1 aliphatic rings. The number of H-pyrrole nitrogens is 1. The van der Waals surface area contributed by atoms with Gasteiger partial charge in [-0.25, -0.2) is 4.79 Å². The van der Waals surface area contributed by atoms with E-state index in [9.17, 15) is 19.1 Å². The highest BCUT2D eigenvalue weighted by Crippen LogP contribution is 2.51. The number of hydrogen-bond acceptors (Lipinski definition) is 3. The van der Waals surface area contributed by atoms with Crippen molar-refractivity contribution in [1.29, 1.82) is 0 Å². The Morgan fingerprint density at radius 2 is 1.95 bits per heavy atom. The lowest BCUT2D eigenvalue weighted by Crippen LogP contribution is -2.31. The number of benzene rings is 1. The van der Waals surface area contributed by atoms with Crippen LogP contribution in [0.4, 0.5) is 4.39 Å². The summed E-state index contributed by atoms with van der Waals surface area (Å²) in [4.78, 5) is 24.5. The lowest BCUT2D eigenvalue weighted by atomic mass is 10.1. The van der Waals surface area contributed by atoms with Crippen molar-refractivity contribution in [3.63, 3.8) is 0 Å². The average molecular weight is 262 g/mol. The molecule has 1 heterocycles. The fourth-order valence-corrected chi connectivity index (χ4v) is 2.35. The van der Waals surface area contributed by atoms with Crippen molar-refractivity contribution in [2.24, 2.45) is 0 Å². The zero-order valence-corrected chi connectivity index (χ0v) is 9.84. The summed E-state index contributed by atoms with van der Waals surface area (Å²) < 4.78 is 14.2. The number of aromatic hydroxyl groups is 1. The maximum absolute atomic E-state index is 13.3. The van der Waals surface area contributed by atoms with Crippen LogP contribution in [0.15, 0.2) is 39.9 Å². The molecule has 1 aromatic heterocycles. The molecule has 19 heavy (non-hydrogen) atoms. The Hall–Kier alpha value is -2.37. The molecular formula is C13H11FN2O3. The molecule has 2 aromatic rings. The predicted octanol–water partition coefficient (Wildman–Crippen LogP) is 1.11. The molecule has 2 atom stereocenters. The second kappa shape index (κ2) is 4.08. The molecule has 0 amide bonds. The zero-order chi connectivity index (χ0) is 13.6. The van der Waals surface area contributed by atoms with E-state index in [1.54, 1.807) is 0 Å². The molecular weight excluding hydrogens is 251 g/mol. The molecule has 1 fully saturated rings. The van der Waals surface area contributed by atoms with Crippen molar-refractivity contribution >= 4 is 0 Å². The first-order chi connectivity index (χ1) is 9.09. The van der Waals surface area contributed by atoms with Gasteiger partial charge in [-0.2, -0.15) is 4.39 Å². The summed E-state index contributed by atoms with van der Waals surface area (Å²) in [5, 5.41) is 9.60. The van der Waals surface area contributed by atoms with Crippen LogP contribution in [-0.2, 0) is 0 Å². The van der Waals surface area contributed by atoms with Gasteiger partial charge in [-0.3, -0.25) is 14.3 Å². The van der Waals surface area contributed by atoms with Gasteiger partial charge in [-0.15, -0.1) is 0 Å². The van der Waals surface area contributed by atoms with Crippen molar-refractivity contribution in [2.45, 2.75) is 18.4 Å². The van der Waals surface area contributed by atoms with Crippen LogP contribution in [0.3, 0.4) is 0 Å². The Morgan fingerprint density at radius 3 is 2.63 bits per heavy atom. The number of nitrogens with zero attached hydrogens (tertiary/aromatic N) is 1. The highest BCUT2D eigenvalue weighted by Gasteiger charge is 2.42. The van der Waals surface area contributed by atoms with Gasteiger partial charge in [-0.05, 0) is 12.0 Å². The number of nitrogens with one attached hydrogen (secondary N) is 1. The Bertz CT molecular complexity index is 736. The number of hydrogen-bond donors (Lipinski definition) is 2. The Morgan fingerprint density at radius 1 is 1.26 bits per heavy atom. The molecule has 0 radical (unpaired) electrons. The van der Waals surface area contributed by atoms with E-state index in [0.717, 1.165) is 10.1 Å². The van der Waals surface area contributed by atoms with E-state index < -0.39 is 22.9 Å². The van der Waals surface area contributed by atoms with Gasteiger partial charge in [0.1, 0.15) is 0 Å². The third-order valence-electron chi connectivity index (χ3n) is 3.38. The SMILES string of the molecule is O=c1[nH]c(=O)n(C2CC2c2ccccc2)c(O)c1F. The van der Waals surface area contributed by atoms with Crippen LogP contribution in [0.5, 0.6) is 5.88 Å². The van der Waals surface area contributed by atoms with E-state index in [-0.39, 0.29) is 12.0 Å². The van der Waals surface area contributed by atoms with Crippen molar-refractivity contribution in [1.82, 2.24) is 9.55 Å². The highest BCUT2D eigenvalue weighted by atomic mass is 19.1. The van der Waals surface area contributed by atoms with Crippen LogP contribution < -0.4 is 11.2 Å². The van der Waals surface area contributed by atoms with Crippen LogP contribution in [0.2, 0.25) is 0 Å². The first-order valence-electron chi connectivity index (χ1n) is 5.88. The van der Waals surface area contributed by atoms with E-state index in [2.05, 4.69) is 0 Å². The predicted molar refractivity (Wildman–Crippen MR) is 65.8 cm³/mol. The molecule has 1 aromatic carbocycles. The van der Waals surface area contributed by atoms with Gasteiger partial charge in [0.15, 0.2) is 0 Å². The minimum atomic E-state index is -1.32.